The van der Waals surface area contributed by atoms with Crippen LogP contribution in [0.15, 0.2) is 48.8 Å². The van der Waals surface area contributed by atoms with Crippen molar-refractivity contribution in [3.63, 3.8) is 0 Å². The molecule has 0 saturated heterocycles. The van der Waals surface area contributed by atoms with Crippen molar-refractivity contribution in [3.8, 4) is 0 Å². The number of carbonyl (C=O) groups excluding carboxylic acids is 1. The minimum atomic E-state index is -0.397. The van der Waals surface area contributed by atoms with Gasteiger partial charge in [0.2, 0.25) is 0 Å². The molecule has 3 rings (SSSR count). The molecule has 2 aromatic carbocycles. The van der Waals surface area contributed by atoms with Gasteiger partial charge in [0.15, 0.2) is 0 Å². The summed E-state index contributed by atoms with van der Waals surface area (Å²) in [6, 6.07) is 11.6. The molecule has 0 aliphatic carbocycles. The van der Waals surface area contributed by atoms with Crippen molar-refractivity contribution in [2.75, 3.05) is 11.9 Å². The third-order valence-corrected chi connectivity index (χ3v) is 3.55. The maximum atomic E-state index is 13.8. The van der Waals surface area contributed by atoms with Crippen LogP contribution in [0, 0.1) is 11.7 Å². The van der Waals surface area contributed by atoms with Crippen molar-refractivity contribution < 1.29 is 13.9 Å². The molecule has 0 atom stereocenters. The van der Waals surface area contributed by atoms with Gasteiger partial charge in [-0.1, -0.05) is 19.9 Å². The molecule has 5 nitrogen and oxygen atoms in total. The Bertz CT molecular complexity index is 895. The van der Waals surface area contributed by atoms with E-state index in [9.17, 15) is 9.18 Å². The molecule has 0 radical (unpaired) electrons. The summed E-state index contributed by atoms with van der Waals surface area (Å²) in [4.78, 5) is 20.1. The molecule has 1 N–H and O–H groups in total. The first-order chi connectivity index (χ1) is 12.0. The zero-order valence-corrected chi connectivity index (χ0v) is 14.0. The van der Waals surface area contributed by atoms with Crippen molar-refractivity contribution in [2.24, 2.45) is 5.92 Å². The zero-order chi connectivity index (χ0) is 17.8. The van der Waals surface area contributed by atoms with Crippen LogP contribution in [0.25, 0.3) is 10.9 Å². The van der Waals surface area contributed by atoms with Gasteiger partial charge in [-0.3, -0.25) is 0 Å². The molecule has 6 heteroatoms. The lowest BCUT2D eigenvalue weighted by molar-refractivity contribution is 0.0459. The fourth-order valence-corrected chi connectivity index (χ4v) is 2.30. The van der Waals surface area contributed by atoms with Crippen LogP contribution >= 0.6 is 0 Å². The number of fused-ring (bicyclic) bond motifs is 1. The molecule has 0 fully saturated rings. The quantitative estimate of drug-likeness (QED) is 0.701. The molecule has 1 heterocycles. The number of hydrogen-bond acceptors (Lipinski definition) is 5. The average Bonchev–Trinajstić information content (AvgIpc) is 2.61. The van der Waals surface area contributed by atoms with Crippen LogP contribution in [0.1, 0.15) is 24.2 Å². The van der Waals surface area contributed by atoms with Gasteiger partial charge < -0.3 is 10.1 Å². The molecule has 0 aliphatic rings. The van der Waals surface area contributed by atoms with Crippen LogP contribution in [-0.2, 0) is 4.74 Å². The lowest BCUT2D eigenvalue weighted by Crippen LogP contribution is -2.10. The summed E-state index contributed by atoms with van der Waals surface area (Å²) in [6.45, 7) is 4.35. The normalized spacial score (nSPS) is 10.9. The van der Waals surface area contributed by atoms with Gasteiger partial charge in [-0.25, -0.2) is 19.2 Å². The summed E-state index contributed by atoms with van der Waals surface area (Å²) in [5.41, 5.74) is 1.46. The van der Waals surface area contributed by atoms with Crippen molar-refractivity contribution in [2.45, 2.75) is 13.8 Å². The van der Waals surface area contributed by atoms with E-state index < -0.39 is 5.82 Å². The van der Waals surface area contributed by atoms with Crippen LogP contribution in [0.5, 0.6) is 0 Å². The highest BCUT2D eigenvalue weighted by Gasteiger charge is 2.10. The molecule has 0 aliphatic heterocycles. The predicted molar refractivity (Wildman–Crippen MR) is 94.3 cm³/mol. The monoisotopic (exact) mass is 339 g/mol. The van der Waals surface area contributed by atoms with Crippen molar-refractivity contribution >= 4 is 28.4 Å². The average molecular weight is 339 g/mol. The van der Waals surface area contributed by atoms with Crippen molar-refractivity contribution in [1.29, 1.82) is 0 Å². The Morgan fingerprint density at radius 2 is 1.92 bits per heavy atom. The topological polar surface area (TPSA) is 64.1 Å². The summed E-state index contributed by atoms with van der Waals surface area (Å²) < 4.78 is 19.0. The molecule has 0 amide bonds. The largest absolute Gasteiger partial charge is 0.462 e. The number of ether oxygens (including phenoxy) is 1. The van der Waals surface area contributed by atoms with Gasteiger partial charge in [-0.05, 0) is 42.3 Å². The fourth-order valence-electron chi connectivity index (χ4n) is 2.30. The second kappa shape index (κ2) is 7.25. The minimum Gasteiger partial charge on any atom is -0.462 e. The van der Waals surface area contributed by atoms with E-state index in [0.717, 1.165) is 5.69 Å². The lowest BCUT2D eigenvalue weighted by atomic mass is 10.2. The third-order valence-electron chi connectivity index (χ3n) is 3.55. The predicted octanol–water partition coefficient (Wildman–Crippen LogP) is 4.33. The van der Waals surface area contributed by atoms with E-state index in [1.165, 1.54) is 12.4 Å². The van der Waals surface area contributed by atoms with Crippen LogP contribution in [-0.4, -0.2) is 22.5 Å². The number of rotatable bonds is 5. The Balaban J connectivity index is 1.78. The van der Waals surface area contributed by atoms with Gasteiger partial charge >= 0.3 is 5.97 Å². The van der Waals surface area contributed by atoms with Gasteiger partial charge in [-0.15, -0.1) is 0 Å². The molecule has 128 valence electrons. The van der Waals surface area contributed by atoms with Gasteiger partial charge in [0.25, 0.3) is 0 Å². The van der Waals surface area contributed by atoms with E-state index in [4.69, 9.17) is 4.74 Å². The van der Waals surface area contributed by atoms with Gasteiger partial charge in [0.1, 0.15) is 23.5 Å². The maximum absolute atomic E-state index is 13.8. The number of nitrogens with zero attached hydrogens (tertiary/aromatic N) is 2. The number of aromatic nitrogens is 2. The molecule has 0 saturated carbocycles. The molecule has 3 aromatic rings. The number of anilines is 2. The number of para-hydroxylation sites is 1. The molecular weight excluding hydrogens is 321 g/mol. The molecular formula is C19H18FN3O2. The maximum Gasteiger partial charge on any atom is 0.338 e. The first kappa shape index (κ1) is 16.8. The van der Waals surface area contributed by atoms with Crippen LogP contribution < -0.4 is 5.32 Å². The Hall–Kier alpha value is -3.02. The third kappa shape index (κ3) is 3.91. The molecule has 0 spiro atoms. The number of halogens is 1. The number of nitrogens with one attached hydrogen (secondary N) is 1. The second-order valence-corrected chi connectivity index (χ2v) is 6.05. The van der Waals surface area contributed by atoms with E-state index in [1.54, 1.807) is 36.4 Å². The van der Waals surface area contributed by atoms with Crippen molar-refractivity contribution in [3.05, 3.63) is 60.2 Å². The van der Waals surface area contributed by atoms with Gasteiger partial charge in [0.05, 0.1) is 12.2 Å². The molecule has 0 unspecified atom stereocenters. The second-order valence-electron chi connectivity index (χ2n) is 6.05. The van der Waals surface area contributed by atoms with Crippen LogP contribution in [0.2, 0.25) is 0 Å². The fraction of sp³-hybridized carbons (Fsp3) is 0.211. The van der Waals surface area contributed by atoms with E-state index >= 15 is 0 Å². The van der Waals surface area contributed by atoms with E-state index in [-0.39, 0.29) is 17.4 Å². The first-order valence-electron chi connectivity index (χ1n) is 7.98. The highest BCUT2D eigenvalue weighted by Crippen LogP contribution is 2.24. The summed E-state index contributed by atoms with van der Waals surface area (Å²) in [6.07, 6.45) is 1.31. The standard InChI is InChI=1S/C19H18FN3O2/c1-12(2)10-25-19(24)13-6-8-14(9-7-13)23-18-15-4-3-5-16(20)17(15)21-11-22-18/h3-9,11-12H,10H2,1-2H3,(H,21,22,23). The SMILES string of the molecule is CC(C)COC(=O)c1ccc(Nc2ncnc3c(F)cccc23)cc1. The summed E-state index contributed by atoms with van der Waals surface area (Å²) >= 11 is 0. The van der Waals surface area contributed by atoms with Crippen LogP contribution in [0.3, 0.4) is 0 Å². The molecule has 0 bridgehead atoms. The number of esters is 1. The number of carbonyl (C=O) groups is 1. The van der Waals surface area contributed by atoms with Crippen molar-refractivity contribution in [1.82, 2.24) is 9.97 Å². The molecule has 25 heavy (non-hydrogen) atoms. The first-order valence-corrected chi connectivity index (χ1v) is 7.98. The number of hydrogen-bond donors (Lipinski definition) is 1. The Morgan fingerprint density at radius 1 is 1.16 bits per heavy atom. The lowest BCUT2D eigenvalue weighted by Gasteiger charge is -2.10. The van der Waals surface area contributed by atoms with E-state index in [2.05, 4.69) is 15.3 Å². The summed E-state index contributed by atoms with van der Waals surface area (Å²) in [5, 5.41) is 3.71. The minimum absolute atomic E-state index is 0.258. The van der Waals surface area contributed by atoms with E-state index in [1.807, 2.05) is 13.8 Å². The highest BCUT2D eigenvalue weighted by molar-refractivity contribution is 5.92. The van der Waals surface area contributed by atoms with Gasteiger partial charge in [-0.2, -0.15) is 0 Å². The summed E-state index contributed by atoms with van der Waals surface area (Å²) in [7, 11) is 0. The number of benzene rings is 2. The zero-order valence-electron chi connectivity index (χ0n) is 14.0. The Kier molecular flexibility index (Phi) is 4.88. The van der Waals surface area contributed by atoms with E-state index in [0.29, 0.717) is 23.4 Å². The molecule has 1 aromatic heterocycles. The van der Waals surface area contributed by atoms with Crippen LogP contribution in [0.4, 0.5) is 15.9 Å². The van der Waals surface area contributed by atoms with Gasteiger partial charge in [0, 0.05) is 11.1 Å². The Labute approximate surface area is 144 Å². The summed E-state index contributed by atoms with van der Waals surface area (Å²) in [5.74, 6) is 0.0389. The highest BCUT2D eigenvalue weighted by atomic mass is 19.1. The Morgan fingerprint density at radius 3 is 2.64 bits per heavy atom. The smallest absolute Gasteiger partial charge is 0.338 e.